The SMILES string of the molecule is COCC(C)OCC(=O)c1ccc2c(c1)CCC2. The molecular weight excluding hydrogens is 228 g/mol. The van der Waals surface area contributed by atoms with Gasteiger partial charge < -0.3 is 9.47 Å². The molecule has 0 saturated heterocycles. The van der Waals surface area contributed by atoms with Gasteiger partial charge in [-0.3, -0.25) is 4.79 Å². The molecule has 0 bridgehead atoms. The zero-order chi connectivity index (χ0) is 13.0. The highest BCUT2D eigenvalue weighted by Crippen LogP contribution is 2.23. The average molecular weight is 248 g/mol. The third kappa shape index (κ3) is 3.18. The molecule has 0 spiro atoms. The minimum absolute atomic E-state index is 0.0478. The lowest BCUT2D eigenvalue weighted by Gasteiger charge is -2.11. The van der Waals surface area contributed by atoms with Crippen molar-refractivity contribution < 1.29 is 14.3 Å². The van der Waals surface area contributed by atoms with Gasteiger partial charge in [0.25, 0.3) is 0 Å². The van der Waals surface area contributed by atoms with Gasteiger partial charge in [0.15, 0.2) is 5.78 Å². The highest BCUT2D eigenvalue weighted by Gasteiger charge is 2.14. The van der Waals surface area contributed by atoms with E-state index in [0.29, 0.717) is 6.61 Å². The second-order valence-corrected chi connectivity index (χ2v) is 4.84. The quantitative estimate of drug-likeness (QED) is 0.725. The molecule has 1 unspecified atom stereocenters. The Hall–Kier alpha value is -1.19. The number of carbonyl (C=O) groups is 1. The van der Waals surface area contributed by atoms with Crippen LogP contribution in [0.15, 0.2) is 18.2 Å². The molecule has 1 aromatic rings. The Bertz CT molecular complexity index is 426. The Labute approximate surface area is 108 Å². The fourth-order valence-electron chi connectivity index (χ4n) is 2.33. The summed E-state index contributed by atoms with van der Waals surface area (Å²) < 4.78 is 10.4. The predicted molar refractivity (Wildman–Crippen MR) is 70.1 cm³/mol. The molecule has 0 fully saturated rings. The molecule has 0 radical (unpaired) electrons. The van der Waals surface area contributed by atoms with Crippen LogP contribution >= 0.6 is 0 Å². The van der Waals surface area contributed by atoms with Crippen molar-refractivity contribution in [3.63, 3.8) is 0 Å². The van der Waals surface area contributed by atoms with E-state index in [-0.39, 0.29) is 18.5 Å². The lowest BCUT2D eigenvalue weighted by molar-refractivity contribution is 0.0125. The molecule has 18 heavy (non-hydrogen) atoms. The monoisotopic (exact) mass is 248 g/mol. The lowest BCUT2D eigenvalue weighted by atomic mass is 10.0. The van der Waals surface area contributed by atoms with Gasteiger partial charge in [-0.1, -0.05) is 12.1 Å². The van der Waals surface area contributed by atoms with Crippen molar-refractivity contribution in [2.75, 3.05) is 20.3 Å². The molecule has 3 nitrogen and oxygen atoms in total. The molecule has 0 aliphatic heterocycles. The van der Waals surface area contributed by atoms with Crippen LogP contribution in [0.5, 0.6) is 0 Å². The number of benzene rings is 1. The molecule has 1 atom stereocenters. The maximum Gasteiger partial charge on any atom is 0.188 e. The van der Waals surface area contributed by atoms with Gasteiger partial charge in [0.2, 0.25) is 0 Å². The van der Waals surface area contributed by atoms with Crippen molar-refractivity contribution in [1.82, 2.24) is 0 Å². The number of aryl methyl sites for hydroxylation is 2. The summed E-state index contributed by atoms with van der Waals surface area (Å²) in [5, 5.41) is 0. The van der Waals surface area contributed by atoms with Crippen molar-refractivity contribution in [2.24, 2.45) is 0 Å². The normalized spacial score (nSPS) is 15.4. The third-order valence-corrected chi connectivity index (χ3v) is 3.32. The second kappa shape index (κ2) is 6.12. The zero-order valence-electron chi connectivity index (χ0n) is 11.1. The molecular formula is C15H20O3. The van der Waals surface area contributed by atoms with Crippen LogP contribution in [-0.2, 0) is 22.3 Å². The molecule has 1 aromatic carbocycles. The average Bonchev–Trinajstić information content (AvgIpc) is 2.83. The summed E-state index contributed by atoms with van der Waals surface area (Å²) in [4.78, 5) is 12.0. The van der Waals surface area contributed by atoms with E-state index < -0.39 is 0 Å². The van der Waals surface area contributed by atoms with Crippen LogP contribution in [0.25, 0.3) is 0 Å². The number of Topliss-reactive ketones (excluding diaryl/α,β-unsaturated/α-hetero) is 1. The summed E-state index contributed by atoms with van der Waals surface area (Å²) in [6.45, 7) is 2.54. The van der Waals surface area contributed by atoms with E-state index in [0.717, 1.165) is 18.4 Å². The molecule has 0 amide bonds. The van der Waals surface area contributed by atoms with Crippen LogP contribution in [0, 0.1) is 0 Å². The van der Waals surface area contributed by atoms with E-state index >= 15 is 0 Å². The minimum atomic E-state index is -0.0478. The van der Waals surface area contributed by atoms with E-state index in [9.17, 15) is 4.79 Å². The van der Waals surface area contributed by atoms with Crippen molar-refractivity contribution in [3.05, 3.63) is 34.9 Å². The highest BCUT2D eigenvalue weighted by atomic mass is 16.5. The van der Waals surface area contributed by atoms with E-state index in [1.807, 2.05) is 19.1 Å². The molecule has 98 valence electrons. The van der Waals surface area contributed by atoms with Crippen molar-refractivity contribution in [1.29, 1.82) is 0 Å². The van der Waals surface area contributed by atoms with Crippen LogP contribution in [0.2, 0.25) is 0 Å². The summed E-state index contributed by atoms with van der Waals surface area (Å²) in [6.07, 6.45) is 3.39. The Morgan fingerprint density at radius 1 is 1.33 bits per heavy atom. The maximum absolute atomic E-state index is 12.0. The van der Waals surface area contributed by atoms with Crippen LogP contribution in [-0.4, -0.2) is 32.2 Å². The summed E-state index contributed by atoms with van der Waals surface area (Å²) >= 11 is 0. The number of ketones is 1. The first-order valence-corrected chi connectivity index (χ1v) is 6.46. The van der Waals surface area contributed by atoms with Gasteiger partial charge in [0, 0.05) is 12.7 Å². The van der Waals surface area contributed by atoms with Gasteiger partial charge >= 0.3 is 0 Å². The summed E-state index contributed by atoms with van der Waals surface area (Å²) in [7, 11) is 1.63. The van der Waals surface area contributed by atoms with Crippen LogP contribution in [0.1, 0.15) is 34.8 Å². The smallest absolute Gasteiger partial charge is 0.188 e. The molecule has 0 aromatic heterocycles. The zero-order valence-corrected chi connectivity index (χ0v) is 11.1. The van der Waals surface area contributed by atoms with Gasteiger partial charge in [-0.2, -0.15) is 0 Å². The van der Waals surface area contributed by atoms with E-state index in [2.05, 4.69) is 6.07 Å². The standard InChI is InChI=1S/C15H20O3/c1-11(9-17-2)18-10-15(16)14-7-6-12-4-3-5-13(12)8-14/h6-8,11H,3-5,9-10H2,1-2H3. The fourth-order valence-corrected chi connectivity index (χ4v) is 2.33. The van der Waals surface area contributed by atoms with Crippen LogP contribution in [0.4, 0.5) is 0 Å². The molecule has 0 heterocycles. The Balaban J connectivity index is 1.93. The van der Waals surface area contributed by atoms with Gasteiger partial charge in [-0.25, -0.2) is 0 Å². The summed E-state index contributed by atoms with van der Waals surface area (Å²) in [5.41, 5.74) is 3.48. The van der Waals surface area contributed by atoms with Crippen LogP contribution < -0.4 is 0 Å². The number of hydrogen-bond donors (Lipinski definition) is 0. The first kappa shape index (κ1) is 13.2. The number of fused-ring (bicyclic) bond motifs is 1. The second-order valence-electron chi connectivity index (χ2n) is 4.84. The number of carbonyl (C=O) groups excluding carboxylic acids is 1. The highest BCUT2D eigenvalue weighted by molar-refractivity contribution is 5.97. The largest absolute Gasteiger partial charge is 0.382 e. The topological polar surface area (TPSA) is 35.5 Å². The van der Waals surface area contributed by atoms with E-state index in [1.165, 1.54) is 17.5 Å². The first-order chi connectivity index (χ1) is 8.70. The van der Waals surface area contributed by atoms with E-state index in [4.69, 9.17) is 9.47 Å². The van der Waals surface area contributed by atoms with Crippen molar-refractivity contribution >= 4 is 5.78 Å². The first-order valence-electron chi connectivity index (χ1n) is 6.46. The van der Waals surface area contributed by atoms with Crippen molar-refractivity contribution in [2.45, 2.75) is 32.3 Å². The molecule has 2 rings (SSSR count). The molecule has 1 aliphatic carbocycles. The molecule has 0 N–H and O–H groups in total. The molecule has 1 aliphatic rings. The number of methoxy groups -OCH3 is 1. The lowest BCUT2D eigenvalue weighted by Crippen LogP contribution is -2.20. The third-order valence-electron chi connectivity index (χ3n) is 3.32. The minimum Gasteiger partial charge on any atom is -0.382 e. The maximum atomic E-state index is 12.0. The molecule has 0 saturated carbocycles. The van der Waals surface area contributed by atoms with Gasteiger partial charge in [0.1, 0.15) is 6.61 Å². The van der Waals surface area contributed by atoms with E-state index in [1.54, 1.807) is 7.11 Å². The fraction of sp³-hybridized carbons (Fsp3) is 0.533. The Morgan fingerprint density at radius 3 is 2.89 bits per heavy atom. The number of ether oxygens (including phenoxy) is 2. The Morgan fingerprint density at radius 2 is 2.11 bits per heavy atom. The van der Waals surface area contributed by atoms with Gasteiger partial charge in [-0.15, -0.1) is 0 Å². The summed E-state index contributed by atoms with van der Waals surface area (Å²) in [5.74, 6) is 0.0488. The van der Waals surface area contributed by atoms with Gasteiger partial charge in [-0.05, 0) is 43.4 Å². The van der Waals surface area contributed by atoms with Crippen molar-refractivity contribution in [3.8, 4) is 0 Å². The number of rotatable bonds is 6. The Kier molecular flexibility index (Phi) is 4.50. The summed E-state index contributed by atoms with van der Waals surface area (Å²) in [6, 6.07) is 6.01. The van der Waals surface area contributed by atoms with Gasteiger partial charge in [0.05, 0.1) is 12.7 Å². The predicted octanol–water partition coefficient (Wildman–Crippen LogP) is 2.41. The van der Waals surface area contributed by atoms with Crippen LogP contribution in [0.3, 0.4) is 0 Å². The molecule has 3 heteroatoms. The number of hydrogen-bond acceptors (Lipinski definition) is 3.